The zero-order valence-corrected chi connectivity index (χ0v) is 9.99. The first-order chi connectivity index (χ1) is 7.06. The molecule has 0 bridgehead atoms. The first-order valence-electron chi connectivity index (χ1n) is 4.87. The van der Waals surface area contributed by atoms with Crippen molar-refractivity contribution < 1.29 is 5.11 Å². The first kappa shape index (κ1) is 12.2. The summed E-state index contributed by atoms with van der Waals surface area (Å²) in [5.74, 6) is 1.22. The van der Waals surface area contributed by atoms with Gasteiger partial charge in [-0.3, -0.25) is 0 Å². The molecule has 0 aliphatic heterocycles. The van der Waals surface area contributed by atoms with Crippen LogP contribution in [0.2, 0.25) is 5.15 Å². The fourth-order valence-corrected chi connectivity index (χ4v) is 1.67. The van der Waals surface area contributed by atoms with Crippen LogP contribution in [-0.4, -0.2) is 28.7 Å². The molecule has 0 unspecified atom stereocenters. The fraction of sp³-hybridized carbons (Fsp3) is 0.600. The molecule has 4 nitrogen and oxygen atoms in total. The molecule has 0 aromatic carbocycles. The van der Waals surface area contributed by atoms with Crippen molar-refractivity contribution in [3.63, 3.8) is 0 Å². The van der Waals surface area contributed by atoms with Gasteiger partial charge in [-0.15, -0.1) is 0 Å². The standard InChI is InChI=1S/C10H16ClN3O/c1-7(2)4-14(3)10-8(5-15)9(11)12-6-13-10/h6-7,15H,4-5H2,1-3H3. The van der Waals surface area contributed by atoms with E-state index in [1.54, 1.807) is 0 Å². The van der Waals surface area contributed by atoms with Gasteiger partial charge in [0.25, 0.3) is 0 Å². The Hall–Kier alpha value is -0.870. The van der Waals surface area contributed by atoms with E-state index < -0.39 is 0 Å². The number of aromatic nitrogens is 2. The Morgan fingerprint density at radius 1 is 1.47 bits per heavy atom. The van der Waals surface area contributed by atoms with Crippen LogP contribution in [0.5, 0.6) is 0 Å². The van der Waals surface area contributed by atoms with Gasteiger partial charge in [0, 0.05) is 13.6 Å². The van der Waals surface area contributed by atoms with Gasteiger partial charge in [-0.25, -0.2) is 9.97 Å². The summed E-state index contributed by atoms with van der Waals surface area (Å²) < 4.78 is 0. The van der Waals surface area contributed by atoms with Crippen molar-refractivity contribution in [2.45, 2.75) is 20.5 Å². The highest BCUT2D eigenvalue weighted by molar-refractivity contribution is 6.30. The van der Waals surface area contributed by atoms with Crippen LogP contribution >= 0.6 is 11.6 Å². The zero-order chi connectivity index (χ0) is 11.4. The van der Waals surface area contributed by atoms with Gasteiger partial charge < -0.3 is 10.0 Å². The average molecular weight is 230 g/mol. The van der Waals surface area contributed by atoms with Crippen LogP contribution in [0.3, 0.4) is 0 Å². The van der Waals surface area contributed by atoms with Gasteiger partial charge in [-0.2, -0.15) is 0 Å². The second-order valence-corrected chi connectivity index (χ2v) is 4.26. The van der Waals surface area contributed by atoms with Crippen LogP contribution in [0.25, 0.3) is 0 Å². The zero-order valence-electron chi connectivity index (χ0n) is 9.24. The van der Waals surface area contributed by atoms with Gasteiger partial charge in [-0.1, -0.05) is 25.4 Å². The van der Waals surface area contributed by atoms with Crippen molar-refractivity contribution in [1.29, 1.82) is 0 Å². The van der Waals surface area contributed by atoms with E-state index in [-0.39, 0.29) is 6.61 Å². The molecular weight excluding hydrogens is 214 g/mol. The van der Waals surface area contributed by atoms with Crippen LogP contribution in [0.4, 0.5) is 5.82 Å². The average Bonchev–Trinajstić information content (AvgIpc) is 2.16. The second-order valence-electron chi connectivity index (χ2n) is 3.90. The van der Waals surface area contributed by atoms with Crippen LogP contribution in [0, 0.1) is 5.92 Å². The Morgan fingerprint density at radius 3 is 2.67 bits per heavy atom. The van der Waals surface area contributed by atoms with Gasteiger partial charge >= 0.3 is 0 Å². The third-order valence-electron chi connectivity index (χ3n) is 2.03. The predicted octanol–water partition coefficient (Wildman–Crippen LogP) is 1.71. The lowest BCUT2D eigenvalue weighted by molar-refractivity contribution is 0.281. The minimum atomic E-state index is -0.141. The molecule has 1 aromatic rings. The lowest BCUT2D eigenvalue weighted by Crippen LogP contribution is -2.25. The summed E-state index contributed by atoms with van der Waals surface area (Å²) in [7, 11) is 1.93. The van der Waals surface area contributed by atoms with E-state index in [0.29, 0.717) is 22.5 Å². The topological polar surface area (TPSA) is 49.2 Å². The van der Waals surface area contributed by atoms with Crippen LogP contribution in [-0.2, 0) is 6.61 Å². The molecule has 0 saturated heterocycles. The molecule has 0 saturated carbocycles. The van der Waals surface area contributed by atoms with Crippen molar-refractivity contribution in [1.82, 2.24) is 9.97 Å². The summed E-state index contributed by atoms with van der Waals surface area (Å²) in [4.78, 5) is 9.95. The number of aliphatic hydroxyl groups is 1. The molecule has 1 aromatic heterocycles. The first-order valence-corrected chi connectivity index (χ1v) is 5.25. The quantitative estimate of drug-likeness (QED) is 0.799. The Balaban J connectivity index is 2.97. The Morgan fingerprint density at radius 2 is 2.13 bits per heavy atom. The normalized spacial score (nSPS) is 10.8. The molecule has 0 atom stereocenters. The third-order valence-corrected chi connectivity index (χ3v) is 2.35. The minimum Gasteiger partial charge on any atom is -0.391 e. The molecule has 1 N–H and O–H groups in total. The third kappa shape index (κ3) is 3.04. The smallest absolute Gasteiger partial charge is 0.140 e. The molecule has 15 heavy (non-hydrogen) atoms. The molecule has 0 aliphatic carbocycles. The number of nitrogens with zero attached hydrogens (tertiary/aromatic N) is 3. The molecule has 5 heteroatoms. The van der Waals surface area contributed by atoms with E-state index in [2.05, 4.69) is 23.8 Å². The van der Waals surface area contributed by atoms with E-state index in [0.717, 1.165) is 6.54 Å². The van der Waals surface area contributed by atoms with E-state index in [1.165, 1.54) is 6.33 Å². The highest BCUT2D eigenvalue weighted by atomic mass is 35.5. The van der Waals surface area contributed by atoms with Crippen molar-refractivity contribution >= 4 is 17.4 Å². The number of hydrogen-bond donors (Lipinski definition) is 1. The molecule has 0 aliphatic rings. The fourth-order valence-electron chi connectivity index (χ4n) is 1.48. The minimum absolute atomic E-state index is 0.141. The SMILES string of the molecule is CC(C)CN(C)c1ncnc(Cl)c1CO. The molecule has 84 valence electrons. The number of anilines is 1. The van der Waals surface area contributed by atoms with Crippen molar-refractivity contribution in [3.8, 4) is 0 Å². The van der Waals surface area contributed by atoms with Crippen molar-refractivity contribution in [2.24, 2.45) is 5.92 Å². The van der Waals surface area contributed by atoms with Gasteiger partial charge in [0.05, 0.1) is 12.2 Å². The van der Waals surface area contributed by atoms with Gasteiger partial charge in [0.15, 0.2) is 0 Å². The Bertz CT molecular complexity index is 330. The number of hydrogen-bond acceptors (Lipinski definition) is 4. The van der Waals surface area contributed by atoms with Crippen molar-refractivity contribution in [2.75, 3.05) is 18.5 Å². The van der Waals surface area contributed by atoms with E-state index in [9.17, 15) is 5.11 Å². The Kier molecular flexibility index (Phi) is 4.29. The van der Waals surface area contributed by atoms with E-state index in [4.69, 9.17) is 11.6 Å². The molecule has 0 amide bonds. The van der Waals surface area contributed by atoms with Gasteiger partial charge in [0.2, 0.25) is 0 Å². The number of aliphatic hydroxyl groups excluding tert-OH is 1. The lowest BCUT2D eigenvalue weighted by Gasteiger charge is -2.22. The Labute approximate surface area is 94.9 Å². The van der Waals surface area contributed by atoms with Gasteiger partial charge in [-0.05, 0) is 5.92 Å². The molecular formula is C10H16ClN3O. The largest absolute Gasteiger partial charge is 0.391 e. The van der Waals surface area contributed by atoms with E-state index >= 15 is 0 Å². The molecule has 1 heterocycles. The molecule has 1 rings (SSSR count). The maximum atomic E-state index is 9.19. The van der Waals surface area contributed by atoms with E-state index in [1.807, 2.05) is 11.9 Å². The highest BCUT2D eigenvalue weighted by Gasteiger charge is 2.13. The van der Waals surface area contributed by atoms with Crippen LogP contribution in [0.1, 0.15) is 19.4 Å². The summed E-state index contributed by atoms with van der Waals surface area (Å²) >= 11 is 5.87. The lowest BCUT2D eigenvalue weighted by atomic mass is 10.2. The van der Waals surface area contributed by atoms with Gasteiger partial charge in [0.1, 0.15) is 17.3 Å². The summed E-state index contributed by atoms with van der Waals surface area (Å²) in [6.07, 6.45) is 1.41. The summed E-state index contributed by atoms with van der Waals surface area (Å²) in [5.41, 5.74) is 0.585. The van der Waals surface area contributed by atoms with Crippen LogP contribution in [0.15, 0.2) is 6.33 Å². The van der Waals surface area contributed by atoms with Crippen molar-refractivity contribution in [3.05, 3.63) is 17.0 Å². The maximum Gasteiger partial charge on any atom is 0.140 e. The summed E-state index contributed by atoms with van der Waals surface area (Å²) in [5, 5.41) is 9.51. The predicted molar refractivity (Wildman–Crippen MR) is 61.1 cm³/mol. The second kappa shape index (κ2) is 5.28. The number of rotatable bonds is 4. The molecule has 0 spiro atoms. The molecule has 0 fully saturated rings. The number of halogens is 1. The highest BCUT2D eigenvalue weighted by Crippen LogP contribution is 2.22. The monoisotopic (exact) mass is 229 g/mol. The maximum absolute atomic E-state index is 9.19. The summed E-state index contributed by atoms with van der Waals surface area (Å²) in [6.45, 7) is 4.97. The summed E-state index contributed by atoms with van der Waals surface area (Å²) in [6, 6.07) is 0. The molecule has 0 radical (unpaired) electrons. The van der Waals surface area contributed by atoms with Crippen LogP contribution < -0.4 is 4.90 Å².